The highest BCUT2D eigenvalue weighted by Crippen LogP contribution is 2.19. The molecule has 0 spiro atoms. The number of carbonyl (C=O) groups is 3. The molecule has 0 fully saturated rings. The van der Waals surface area contributed by atoms with E-state index in [-0.39, 0.29) is 31.1 Å². The first-order chi connectivity index (χ1) is 39.0. The second-order valence-corrected chi connectivity index (χ2v) is 24.5. The van der Waals surface area contributed by atoms with E-state index in [1.807, 2.05) is 0 Å². The monoisotopic (exact) mass is 1110 g/mol. The summed E-state index contributed by atoms with van der Waals surface area (Å²) in [5, 5.41) is 0. The molecule has 6 nitrogen and oxygen atoms in total. The number of unbranched alkanes of at least 4 members (excludes halogenated alkanes) is 52. The molecule has 0 bridgehead atoms. The van der Waals surface area contributed by atoms with E-state index in [1.165, 1.54) is 289 Å². The summed E-state index contributed by atoms with van der Waals surface area (Å²) in [6.45, 7) is 6.68. The molecule has 0 rings (SSSR count). The molecule has 0 aliphatic heterocycles. The van der Waals surface area contributed by atoms with E-state index >= 15 is 0 Å². The average Bonchev–Trinajstić information content (AvgIpc) is 3.45. The van der Waals surface area contributed by atoms with Crippen LogP contribution in [0.15, 0.2) is 24.3 Å². The lowest BCUT2D eigenvalue weighted by Crippen LogP contribution is -2.30. The standard InChI is InChI=1S/C73H138O6/c1-4-7-10-13-16-19-22-25-28-30-32-34-36-37-38-40-41-43-45-48-51-54-57-60-63-66-72(75)78-69-70(68-77-71(74)65-62-59-56-53-50-47-27-24-21-18-15-12-9-6-3)79-73(76)67-64-61-58-55-52-49-46-44-42-39-35-33-31-29-26-23-20-17-14-11-8-5-2/h15,18,24,27,70H,4-14,16-17,19-23,25-26,28-69H2,1-3H3/b18-15-,27-24-. The van der Waals surface area contributed by atoms with Crippen molar-refractivity contribution in [2.24, 2.45) is 0 Å². The normalized spacial score (nSPS) is 12.1. The van der Waals surface area contributed by atoms with Crippen LogP contribution in [0.4, 0.5) is 0 Å². The Bertz CT molecular complexity index is 1270. The molecule has 0 N–H and O–H groups in total. The molecule has 6 heteroatoms. The molecule has 0 heterocycles. The summed E-state index contributed by atoms with van der Waals surface area (Å²) in [6, 6.07) is 0. The van der Waals surface area contributed by atoms with Gasteiger partial charge in [0.2, 0.25) is 0 Å². The van der Waals surface area contributed by atoms with E-state index in [1.54, 1.807) is 0 Å². The molecule has 1 unspecified atom stereocenters. The van der Waals surface area contributed by atoms with E-state index in [9.17, 15) is 14.4 Å². The topological polar surface area (TPSA) is 78.9 Å². The maximum atomic E-state index is 13.0. The Hall–Kier alpha value is -2.11. The van der Waals surface area contributed by atoms with Crippen molar-refractivity contribution in [2.75, 3.05) is 13.2 Å². The van der Waals surface area contributed by atoms with Crippen molar-refractivity contribution in [1.82, 2.24) is 0 Å². The minimum atomic E-state index is -0.774. The van der Waals surface area contributed by atoms with E-state index in [0.29, 0.717) is 19.3 Å². The zero-order valence-corrected chi connectivity index (χ0v) is 53.7. The number of esters is 3. The quantitative estimate of drug-likeness (QED) is 0.0261. The molecule has 0 radical (unpaired) electrons. The minimum Gasteiger partial charge on any atom is -0.462 e. The first-order valence-corrected chi connectivity index (χ1v) is 35.8. The lowest BCUT2D eigenvalue weighted by molar-refractivity contribution is -0.167. The molecule has 466 valence electrons. The largest absolute Gasteiger partial charge is 0.462 e. The number of hydrogen-bond donors (Lipinski definition) is 0. The molecule has 0 aliphatic carbocycles. The summed E-state index contributed by atoms with van der Waals surface area (Å²) in [5.74, 6) is -0.850. The van der Waals surface area contributed by atoms with Crippen molar-refractivity contribution in [3.05, 3.63) is 24.3 Å². The van der Waals surface area contributed by atoms with Crippen LogP contribution < -0.4 is 0 Å². The number of hydrogen-bond acceptors (Lipinski definition) is 6. The third-order valence-corrected chi connectivity index (χ3v) is 16.5. The number of carbonyl (C=O) groups excluding carboxylic acids is 3. The zero-order chi connectivity index (χ0) is 57.1. The maximum absolute atomic E-state index is 13.0. The molecule has 0 saturated carbocycles. The summed E-state index contributed by atoms with van der Waals surface area (Å²) < 4.78 is 17.0. The van der Waals surface area contributed by atoms with Gasteiger partial charge in [0.1, 0.15) is 13.2 Å². The van der Waals surface area contributed by atoms with E-state index in [0.717, 1.165) is 77.0 Å². The number of rotatable bonds is 67. The van der Waals surface area contributed by atoms with Gasteiger partial charge in [-0.25, -0.2) is 0 Å². The highest BCUT2D eigenvalue weighted by atomic mass is 16.6. The first-order valence-electron chi connectivity index (χ1n) is 35.8. The van der Waals surface area contributed by atoms with Crippen LogP contribution in [0.1, 0.15) is 406 Å². The van der Waals surface area contributed by atoms with Gasteiger partial charge >= 0.3 is 17.9 Å². The van der Waals surface area contributed by atoms with E-state index < -0.39 is 6.10 Å². The van der Waals surface area contributed by atoms with Gasteiger partial charge in [0.05, 0.1) is 0 Å². The Labute approximate surface area is 493 Å². The van der Waals surface area contributed by atoms with Gasteiger partial charge in [-0.15, -0.1) is 0 Å². The van der Waals surface area contributed by atoms with Gasteiger partial charge in [-0.3, -0.25) is 14.4 Å². The summed E-state index contributed by atoms with van der Waals surface area (Å²) >= 11 is 0. The number of ether oxygens (including phenoxy) is 3. The van der Waals surface area contributed by atoms with Gasteiger partial charge in [-0.2, -0.15) is 0 Å². The Morgan fingerprint density at radius 1 is 0.253 bits per heavy atom. The van der Waals surface area contributed by atoms with Crippen molar-refractivity contribution in [3.63, 3.8) is 0 Å². The third kappa shape index (κ3) is 66.6. The lowest BCUT2D eigenvalue weighted by atomic mass is 10.0. The molecule has 0 aromatic carbocycles. The molecule has 79 heavy (non-hydrogen) atoms. The van der Waals surface area contributed by atoms with E-state index in [2.05, 4.69) is 45.1 Å². The maximum Gasteiger partial charge on any atom is 0.306 e. The Balaban J connectivity index is 4.22. The molecular formula is C73H138O6. The summed E-state index contributed by atoms with van der Waals surface area (Å²) in [7, 11) is 0. The minimum absolute atomic E-state index is 0.0692. The van der Waals surface area contributed by atoms with Crippen LogP contribution in [-0.2, 0) is 28.6 Å². The number of allylic oxidation sites excluding steroid dienone is 4. The fraction of sp³-hybridized carbons (Fsp3) is 0.904. The second-order valence-electron chi connectivity index (χ2n) is 24.5. The van der Waals surface area contributed by atoms with Crippen molar-refractivity contribution < 1.29 is 28.6 Å². The van der Waals surface area contributed by atoms with Gasteiger partial charge < -0.3 is 14.2 Å². The Kier molecular flexibility index (Phi) is 66.6. The van der Waals surface area contributed by atoms with Gasteiger partial charge in [-0.1, -0.05) is 366 Å². The highest BCUT2D eigenvalue weighted by Gasteiger charge is 2.19. The molecular weight excluding hydrogens is 973 g/mol. The van der Waals surface area contributed by atoms with E-state index in [4.69, 9.17) is 14.2 Å². The predicted octanol–water partition coefficient (Wildman–Crippen LogP) is 24.6. The molecule has 0 aromatic heterocycles. The smallest absolute Gasteiger partial charge is 0.306 e. The summed E-state index contributed by atoms with van der Waals surface area (Å²) in [4.78, 5) is 38.4. The average molecular weight is 1110 g/mol. The lowest BCUT2D eigenvalue weighted by Gasteiger charge is -2.18. The summed E-state index contributed by atoms with van der Waals surface area (Å²) in [5.41, 5.74) is 0. The first kappa shape index (κ1) is 76.9. The van der Waals surface area contributed by atoms with Gasteiger partial charge in [-0.05, 0) is 44.9 Å². The molecule has 0 aliphatic rings. The van der Waals surface area contributed by atoms with Crippen molar-refractivity contribution in [2.45, 2.75) is 412 Å². The van der Waals surface area contributed by atoms with Crippen LogP contribution in [0, 0.1) is 0 Å². The highest BCUT2D eigenvalue weighted by molar-refractivity contribution is 5.71. The van der Waals surface area contributed by atoms with Gasteiger partial charge in [0.15, 0.2) is 6.10 Å². The van der Waals surface area contributed by atoms with Crippen molar-refractivity contribution in [1.29, 1.82) is 0 Å². The van der Waals surface area contributed by atoms with Crippen LogP contribution >= 0.6 is 0 Å². The van der Waals surface area contributed by atoms with Crippen molar-refractivity contribution in [3.8, 4) is 0 Å². The Morgan fingerprint density at radius 2 is 0.468 bits per heavy atom. The van der Waals surface area contributed by atoms with Crippen LogP contribution in [0.2, 0.25) is 0 Å². The third-order valence-electron chi connectivity index (χ3n) is 16.5. The fourth-order valence-corrected chi connectivity index (χ4v) is 11.1. The van der Waals surface area contributed by atoms with Crippen molar-refractivity contribution >= 4 is 17.9 Å². The fourth-order valence-electron chi connectivity index (χ4n) is 11.1. The van der Waals surface area contributed by atoms with Crippen LogP contribution in [0.25, 0.3) is 0 Å². The van der Waals surface area contributed by atoms with Crippen LogP contribution in [0.3, 0.4) is 0 Å². The molecule has 0 saturated heterocycles. The molecule has 0 amide bonds. The van der Waals surface area contributed by atoms with Gasteiger partial charge in [0, 0.05) is 19.3 Å². The SMILES string of the molecule is CCCC/C=C\C/C=C\CCCCCCCC(=O)OCC(COC(=O)CCCCCCCCCCCCCCCCCCCCCCCCCCC)OC(=O)CCCCCCCCCCCCCCCCCCCCCCCC. The van der Waals surface area contributed by atoms with Gasteiger partial charge in [0.25, 0.3) is 0 Å². The molecule has 0 aromatic rings. The second kappa shape index (κ2) is 68.4. The Morgan fingerprint density at radius 3 is 0.734 bits per heavy atom. The predicted molar refractivity (Wildman–Crippen MR) is 344 cm³/mol. The zero-order valence-electron chi connectivity index (χ0n) is 53.7. The molecule has 1 atom stereocenters. The van der Waals surface area contributed by atoms with Crippen LogP contribution in [-0.4, -0.2) is 37.2 Å². The summed E-state index contributed by atoms with van der Waals surface area (Å²) in [6.07, 6.45) is 83.6. The van der Waals surface area contributed by atoms with Crippen LogP contribution in [0.5, 0.6) is 0 Å².